The van der Waals surface area contributed by atoms with Crippen molar-refractivity contribution in [2.75, 3.05) is 26.2 Å². The van der Waals surface area contributed by atoms with Crippen molar-refractivity contribution in [3.63, 3.8) is 0 Å². The van der Waals surface area contributed by atoms with Crippen molar-refractivity contribution in [3.8, 4) is 0 Å². The van der Waals surface area contributed by atoms with E-state index in [1.807, 2.05) is 18.2 Å². The zero-order valence-corrected chi connectivity index (χ0v) is 14.6. The number of amides is 1. The molecule has 3 rings (SSSR count). The van der Waals surface area contributed by atoms with Gasteiger partial charge in [0, 0.05) is 29.4 Å². The molecule has 2 N–H and O–H groups in total. The van der Waals surface area contributed by atoms with E-state index in [-0.39, 0.29) is 11.3 Å². The number of nitrogens with one attached hydrogen (secondary N) is 2. The number of para-hydroxylation sites is 2. The molecule has 0 aliphatic heterocycles. The Morgan fingerprint density at radius 3 is 2.52 bits per heavy atom. The summed E-state index contributed by atoms with van der Waals surface area (Å²) in [5, 5.41) is 4.13. The topological polar surface area (TPSA) is 65.2 Å². The van der Waals surface area contributed by atoms with E-state index in [4.69, 9.17) is 0 Å². The number of hydrogen-bond donors (Lipinski definition) is 2. The molecule has 1 amide bonds. The first-order chi connectivity index (χ1) is 12.2. The molecule has 0 unspecified atom stereocenters. The zero-order valence-electron chi connectivity index (χ0n) is 14.6. The van der Waals surface area contributed by atoms with E-state index in [1.165, 1.54) is 0 Å². The Hall–Kier alpha value is -2.66. The third kappa shape index (κ3) is 3.42. The monoisotopic (exact) mass is 337 g/mol. The van der Waals surface area contributed by atoms with Crippen molar-refractivity contribution in [3.05, 3.63) is 58.3 Å². The Morgan fingerprint density at radius 1 is 1.04 bits per heavy atom. The first kappa shape index (κ1) is 17.2. The van der Waals surface area contributed by atoms with Crippen LogP contribution >= 0.6 is 0 Å². The van der Waals surface area contributed by atoms with Gasteiger partial charge in [0.05, 0.1) is 11.1 Å². The molecule has 130 valence electrons. The number of pyridine rings is 1. The fraction of sp³-hybridized carbons (Fsp3) is 0.300. The van der Waals surface area contributed by atoms with Crippen molar-refractivity contribution in [2.45, 2.75) is 13.8 Å². The number of aromatic amines is 1. The summed E-state index contributed by atoms with van der Waals surface area (Å²) in [6.07, 6.45) is 0. The number of H-pyrrole nitrogens is 1. The van der Waals surface area contributed by atoms with Crippen molar-refractivity contribution in [2.24, 2.45) is 0 Å². The SMILES string of the molecule is CCN(CC)CCNC(=O)c1cccc2c(=O)c3ccccc3[nH]c12. The maximum absolute atomic E-state index is 12.7. The van der Waals surface area contributed by atoms with Crippen molar-refractivity contribution in [1.82, 2.24) is 15.2 Å². The van der Waals surface area contributed by atoms with Gasteiger partial charge in [0.2, 0.25) is 0 Å². The van der Waals surface area contributed by atoms with Gasteiger partial charge in [-0.1, -0.05) is 32.0 Å². The number of rotatable bonds is 6. The van der Waals surface area contributed by atoms with Gasteiger partial charge in [-0.3, -0.25) is 9.59 Å². The smallest absolute Gasteiger partial charge is 0.253 e. The van der Waals surface area contributed by atoms with Crippen LogP contribution in [0.2, 0.25) is 0 Å². The molecule has 5 heteroatoms. The molecule has 5 nitrogen and oxygen atoms in total. The average molecular weight is 337 g/mol. The predicted octanol–water partition coefficient (Wildman–Crippen LogP) is 2.75. The minimum atomic E-state index is -0.163. The molecule has 1 aromatic heterocycles. The second kappa shape index (κ2) is 7.49. The Kier molecular flexibility index (Phi) is 5.14. The van der Waals surface area contributed by atoms with Crippen molar-refractivity contribution >= 4 is 27.7 Å². The summed E-state index contributed by atoms with van der Waals surface area (Å²) in [7, 11) is 0. The van der Waals surface area contributed by atoms with E-state index in [0.717, 1.165) is 25.2 Å². The first-order valence-corrected chi connectivity index (χ1v) is 8.70. The summed E-state index contributed by atoms with van der Waals surface area (Å²) in [6.45, 7) is 7.51. The van der Waals surface area contributed by atoms with Gasteiger partial charge in [-0.15, -0.1) is 0 Å². The van der Waals surface area contributed by atoms with Gasteiger partial charge < -0.3 is 15.2 Å². The summed E-state index contributed by atoms with van der Waals surface area (Å²) in [6, 6.07) is 12.6. The highest BCUT2D eigenvalue weighted by molar-refractivity contribution is 6.07. The lowest BCUT2D eigenvalue weighted by atomic mass is 10.1. The fourth-order valence-electron chi connectivity index (χ4n) is 3.10. The number of fused-ring (bicyclic) bond motifs is 2. The summed E-state index contributed by atoms with van der Waals surface area (Å²) >= 11 is 0. The van der Waals surface area contributed by atoms with Crippen LogP contribution in [0, 0.1) is 0 Å². The molecule has 0 saturated carbocycles. The number of likely N-dealkylation sites (N-methyl/N-ethyl adjacent to an activating group) is 1. The Bertz CT molecular complexity index is 958. The quantitative estimate of drug-likeness (QED) is 0.680. The molecular formula is C20H23N3O2. The highest BCUT2D eigenvalue weighted by Crippen LogP contribution is 2.18. The van der Waals surface area contributed by atoms with E-state index in [1.54, 1.807) is 24.3 Å². The van der Waals surface area contributed by atoms with E-state index >= 15 is 0 Å². The lowest BCUT2D eigenvalue weighted by molar-refractivity contribution is 0.0950. The van der Waals surface area contributed by atoms with Crippen LogP contribution in [0.25, 0.3) is 21.8 Å². The van der Waals surface area contributed by atoms with Gasteiger partial charge in [-0.2, -0.15) is 0 Å². The number of nitrogens with zero attached hydrogens (tertiary/aromatic N) is 1. The van der Waals surface area contributed by atoms with Crippen LogP contribution in [-0.4, -0.2) is 42.0 Å². The van der Waals surface area contributed by atoms with Gasteiger partial charge in [0.25, 0.3) is 5.91 Å². The number of carbonyl (C=O) groups is 1. The van der Waals surface area contributed by atoms with Crippen molar-refractivity contribution in [1.29, 1.82) is 0 Å². The summed E-state index contributed by atoms with van der Waals surface area (Å²) < 4.78 is 0. The molecule has 0 bridgehead atoms. The Labute approximate surface area is 146 Å². The molecule has 25 heavy (non-hydrogen) atoms. The van der Waals surface area contributed by atoms with Crippen LogP contribution in [0.15, 0.2) is 47.3 Å². The van der Waals surface area contributed by atoms with Gasteiger partial charge in [-0.05, 0) is 37.4 Å². The number of aromatic nitrogens is 1. The van der Waals surface area contributed by atoms with Crippen LogP contribution in [0.1, 0.15) is 24.2 Å². The molecule has 0 radical (unpaired) electrons. The third-order valence-corrected chi connectivity index (χ3v) is 4.59. The van der Waals surface area contributed by atoms with Crippen LogP contribution in [0.5, 0.6) is 0 Å². The maximum atomic E-state index is 12.7. The van der Waals surface area contributed by atoms with E-state index in [9.17, 15) is 9.59 Å². The van der Waals surface area contributed by atoms with Gasteiger partial charge in [0.1, 0.15) is 0 Å². The molecule has 0 fully saturated rings. The first-order valence-electron chi connectivity index (χ1n) is 8.70. The lowest BCUT2D eigenvalue weighted by Gasteiger charge is -2.18. The van der Waals surface area contributed by atoms with Crippen LogP contribution in [-0.2, 0) is 0 Å². The molecule has 0 atom stereocenters. The molecule has 0 spiro atoms. The standard InChI is InChI=1S/C20H23N3O2/c1-3-23(4-2)13-12-21-20(25)16-10-7-9-15-18(16)22-17-11-6-5-8-14(17)19(15)24/h5-11H,3-4,12-13H2,1-2H3,(H,21,25)(H,22,24). The second-order valence-electron chi connectivity index (χ2n) is 6.01. The highest BCUT2D eigenvalue weighted by atomic mass is 16.1. The van der Waals surface area contributed by atoms with E-state index in [0.29, 0.717) is 28.4 Å². The molecule has 2 aromatic carbocycles. The van der Waals surface area contributed by atoms with E-state index in [2.05, 4.69) is 29.0 Å². The van der Waals surface area contributed by atoms with Crippen LogP contribution in [0.3, 0.4) is 0 Å². The van der Waals surface area contributed by atoms with Gasteiger partial charge in [0.15, 0.2) is 5.43 Å². The number of carbonyl (C=O) groups excluding carboxylic acids is 1. The molecule has 1 heterocycles. The molecule has 0 aliphatic rings. The van der Waals surface area contributed by atoms with Gasteiger partial charge in [-0.25, -0.2) is 0 Å². The highest BCUT2D eigenvalue weighted by Gasteiger charge is 2.13. The second-order valence-corrected chi connectivity index (χ2v) is 6.01. The van der Waals surface area contributed by atoms with Crippen LogP contribution < -0.4 is 10.7 Å². The number of benzene rings is 2. The summed E-state index contributed by atoms with van der Waals surface area (Å²) in [4.78, 5) is 30.8. The third-order valence-electron chi connectivity index (χ3n) is 4.59. The lowest BCUT2D eigenvalue weighted by Crippen LogP contribution is -2.35. The summed E-state index contributed by atoms with van der Waals surface area (Å²) in [5.41, 5.74) is 1.77. The number of hydrogen-bond acceptors (Lipinski definition) is 3. The molecular weight excluding hydrogens is 314 g/mol. The minimum absolute atomic E-state index is 0.0536. The summed E-state index contributed by atoms with van der Waals surface area (Å²) in [5.74, 6) is -0.163. The Balaban J connectivity index is 1.94. The Morgan fingerprint density at radius 2 is 1.76 bits per heavy atom. The average Bonchev–Trinajstić information content (AvgIpc) is 2.65. The van der Waals surface area contributed by atoms with Crippen molar-refractivity contribution < 1.29 is 4.79 Å². The van der Waals surface area contributed by atoms with Crippen LogP contribution in [0.4, 0.5) is 0 Å². The predicted molar refractivity (Wildman–Crippen MR) is 102 cm³/mol. The molecule has 0 saturated heterocycles. The molecule has 3 aromatic rings. The minimum Gasteiger partial charge on any atom is -0.354 e. The normalized spacial score (nSPS) is 11.3. The maximum Gasteiger partial charge on any atom is 0.253 e. The van der Waals surface area contributed by atoms with Gasteiger partial charge >= 0.3 is 0 Å². The largest absolute Gasteiger partial charge is 0.354 e. The zero-order chi connectivity index (χ0) is 17.8. The molecule has 0 aliphatic carbocycles. The van der Waals surface area contributed by atoms with E-state index < -0.39 is 0 Å². The fourth-order valence-corrected chi connectivity index (χ4v) is 3.10.